The summed E-state index contributed by atoms with van der Waals surface area (Å²) in [6, 6.07) is 7.95. The highest BCUT2D eigenvalue weighted by Crippen LogP contribution is 2.28. The van der Waals surface area contributed by atoms with Crippen LogP contribution in [0.4, 0.5) is 0 Å². The summed E-state index contributed by atoms with van der Waals surface area (Å²) in [5.41, 5.74) is 6.26. The summed E-state index contributed by atoms with van der Waals surface area (Å²) in [7, 11) is 1.65. The van der Waals surface area contributed by atoms with Gasteiger partial charge in [-0.05, 0) is 38.1 Å². The maximum absolute atomic E-state index is 5.78. The molecule has 0 saturated heterocycles. The second kappa shape index (κ2) is 6.42. The minimum Gasteiger partial charge on any atom is -0.493 e. The molecule has 1 aromatic heterocycles. The number of methoxy groups -OCH3 is 1. The number of ether oxygens (including phenoxy) is 1. The van der Waals surface area contributed by atoms with E-state index in [4.69, 9.17) is 14.9 Å². The molecule has 2 rings (SSSR count). The number of rotatable bonds is 7. The SMILES string of the molecule is COc1cccc2cc(CNCCCCN)oc12. The zero-order valence-corrected chi connectivity index (χ0v) is 10.7. The van der Waals surface area contributed by atoms with Gasteiger partial charge in [0.25, 0.3) is 0 Å². The van der Waals surface area contributed by atoms with E-state index in [1.54, 1.807) is 7.11 Å². The lowest BCUT2D eigenvalue weighted by Crippen LogP contribution is -2.15. The summed E-state index contributed by atoms with van der Waals surface area (Å²) in [6.07, 6.45) is 2.15. The van der Waals surface area contributed by atoms with Gasteiger partial charge in [0.2, 0.25) is 0 Å². The Balaban J connectivity index is 1.97. The lowest BCUT2D eigenvalue weighted by molar-refractivity contribution is 0.406. The van der Waals surface area contributed by atoms with Gasteiger partial charge in [0.1, 0.15) is 5.76 Å². The predicted molar refractivity (Wildman–Crippen MR) is 72.8 cm³/mol. The molecule has 2 aromatic rings. The molecule has 1 aromatic carbocycles. The van der Waals surface area contributed by atoms with Gasteiger partial charge in [-0.25, -0.2) is 0 Å². The number of hydrogen-bond donors (Lipinski definition) is 2. The van der Waals surface area contributed by atoms with Gasteiger partial charge in [0.05, 0.1) is 13.7 Å². The fourth-order valence-corrected chi connectivity index (χ4v) is 1.94. The summed E-state index contributed by atoms with van der Waals surface area (Å²) >= 11 is 0. The highest BCUT2D eigenvalue weighted by Gasteiger charge is 2.07. The van der Waals surface area contributed by atoms with Gasteiger partial charge < -0.3 is 20.2 Å². The van der Waals surface area contributed by atoms with Crippen molar-refractivity contribution in [1.29, 1.82) is 0 Å². The molecule has 0 spiro atoms. The Bertz CT molecular complexity index is 493. The Hall–Kier alpha value is -1.52. The molecule has 0 fully saturated rings. The number of nitrogens with two attached hydrogens (primary N) is 1. The minimum atomic E-state index is 0.738. The lowest BCUT2D eigenvalue weighted by atomic mass is 10.2. The van der Waals surface area contributed by atoms with Crippen molar-refractivity contribution in [2.45, 2.75) is 19.4 Å². The second-order valence-electron chi connectivity index (χ2n) is 4.26. The Morgan fingerprint density at radius 3 is 3.00 bits per heavy atom. The second-order valence-corrected chi connectivity index (χ2v) is 4.26. The standard InChI is InChI=1S/C14H20N2O2/c1-17-13-6-4-5-11-9-12(18-14(11)13)10-16-8-3-2-7-15/h4-6,9,16H,2-3,7-8,10,15H2,1H3. The van der Waals surface area contributed by atoms with Crippen molar-refractivity contribution in [3.8, 4) is 5.75 Å². The smallest absolute Gasteiger partial charge is 0.176 e. The molecule has 0 amide bonds. The van der Waals surface area contributed by atoms with Gasteiger partial charge in [0, 0.05) is 5.39 Å². The first kappa shape index (κ1) is 12.9. The summed E-state index contributed by atoms with van der Waals surface area (Å²) in [6.45, 7) is 2.46. The van der Waals surface area contributed by atoms with Crippen LogP contribution >= 0.6 is 0 Å². The average molecular weight is 248 g/mol. The summed E-state index contributed by atoms with van der Waals surface area (Å²) < 4.78 is 11.1. The third-order valence-electron chi connectivity index (χ3n) is 2.89. The number of fused-ring (bicyclic) bond motifs is 1. The van der Waals surface area contributed by atoms with E-state index in [9.17, 15) is 0 Å². The normalized spacial score (nSPS) is 11.0. The molecular formula is C14H20N2O2. The molecule has 3 N–H and O–H groups in total. The summed E-state index contributed by atoms with van der Waals surface area (Å²) in [4.78, 5) is 0. The molecule has 0 bridgehead atoms. The van der Waals surface area contributed by atoms with Gasteiger partial charge in [-0.3, -0.25) is 0 Å². The zero-order valence-electron chi connectivity index (χ0n) is 10.7. The highest BCUT2D eigenvalue weighted by molar-refractivity contribution is 5.83. The monoisotopic (exact) mass is 248 g/mol. The van der Waals surface area contributed by atoms with Crippen LogP contribution in [0.15, 0.2) is 28.7 Å². The van der Waals surface area contributed by atoms with Gasteiger partial charge in [-0.15, -0.1) is 0 Å². The summed E-state index contributed by atoms with van der Waals surface area (Å²) in [5.74, 6) is 1.71. The van der Waals surface area contributed by atoms with Crippen LogP contribution in [0.5, 0.6) is 5.75 Å². The highest BCUT2D eigenvalue weighted by atomic mass is 16.5. The number of hydrogen-bond acceptors (Lipinski definition) is 4. The van der Waals surface area contributed by atoms with E-state index in [0.717, 1.165) is 55.0 Å². The predicted octanol–water partition coefficient (Wildman–Crippen LogP) is 2.27. The van der Waals surface area contributed by atoms with E-state index in [-0.39, 0.29) is 0 Å². The van der Waals surface area contributed by atoms with Crippen molar-refractivity contribution in [2.24, 2.45) is 5.73 Å². The number of unbranched alkanes of at least 4 members (excludes halogenated alkanes) is 1. The van der Waals surface area contributed by atoms with Gasteiger partial charge in [-0.1, -0.05) is 12.1 Å². The lowest BCUT2D eigenvalue weighted by Gasteiger charge is -2.01. The Labute approximate surface area is 107 Å². The van der Waals surface area contributed by atoms with E-state index in [1.165, 1.54) is 0 Å². The number of benzene rings is 1. The van der Waals surface area contributed by atoms with Crippen molar-refractivity contribution >= 4 is 11.0 Å². The number of furan rings is 1. The maximum atomic E-state index is 5.78. The maximum Gasteiger partial charge on any atom is 0.176 e. The number of nitrogens with one attached hydrogen (secondary N) is 1. The van der Waals surface area contributed by atoms with Crippen LogP contribution in [-0.2, 0) is 6.54 Å². The molecule has 0 saturated carbocycles. The van der Waals surface area contributed by atoms with Crippen LogP contribution in [0.25, 0.3) is 11.0 Å². The van der Waals surface area contributed by atoms with Crippen LogP contribution < -0.4 is 15.8 Å². The molecule has 0 aliphatic heterocycles. The van der Waals surface area contributed by atoms with Crippen molar-refractivity contribution in [3.05, 3.63) is 30.0 Å². The summed E-state index contributed by atoms with van der Waals surface area (Å²) in [5, 5.41) is 4.42. The molecular weight excluding hydrogens is 228 g/mol. The van der Waals surface area contributed by atoms with Gasteiger partial charge in [0.15, 0.2) is 11.3 Å². The van der Waals surface area contributed by atoms with Gasteiger partial charge in [-0.2, -0.15) is 0 Å². The van der Waals surface area contributed by atoms with Crippen LogP contribution in [0.1, 0.15) is 18.6 Å². The molecule has 98 valence electrons. The molecule has 0 aliphatic carbocycles. The van der Waals surface area contributed by atoms with Crippen molar-refractivity contribution in [2.75, 3.05) is 20.2 Å². The van der Waals surface area contributed by atoms with Crippen LogP contribution in [0.3, 0.4) is 0 Å². The Morgan fingerprint density at radius 2 is 2.22 bits per heavy atom. The fraction of sp³-hybridized carbons (Fsp3) is 0.429. The molecule has 1 heterocycles. The zero-order chi connectivity index (χ0) is 12.8. The topological polar surface area (TPSA) is 60.4 Å². The van der Waals surface area contributed by atoms with E-state index >= 15 is 0 Å². The minimum absolute atomic E-state index is 0.738. The fourth-order valence-electron chi connectivity index (χ4n) is 1.94. The molecule has 0 unspecified atom stereocenters. The number of para-hydroxylation sites is 1. The van der Waals surface area contributed by atoms with E-state index in [1.807, 2.05) is 24.3 Å². The molecule has 0 atom stereocenters. The first-order valence-electron chi connectivity index (χ1n) is 6.31. The Morgan fingerprint density at radius 1 is 1.33 bits per heavy atom. The van der Waals surface area contributed by atoms with Crippen LogP contribution in [-0.4, -0.2) is 20.2 Å². The van der Waals surface area contributed by atoms with E-state index in [2.05, 4.69) is 5.32 Å². The van der Waals surface area contributed by atoms with Crippen molar-refractivity contribution < 1.29 is 9.15 Å². The Kier molecular flexibility index (Phi) is 4.61. The van der Waals surface area contributed by atoms with E-state index in [0.29, 0.717) is 0 Å². The first-order chi connectivity index (χ1) is 8.85. The van der Waals surface area contributed by atoms with Gasteiger partial charge >= 0.3 is 0 Å². The van der Waals surface area contributed by atoms with Crippen LogP contribution in [0, 0.1) is 0 Å². The molecule has 4 heteroatoms. The first-order valence-corrected chi connectivity index (χ1v) is 6.31. The third kappa shape index (κ3) is 3.03. The van der Waals surface area contributed by atoms with Crippen LogP contribution in [0.2, 0.25) is 0 Å². The van der Waals surface area contributed by atoms with Crippen molar-refractivity contribution in [3.63, 3.8) is 0 Å². The molecule has 18 heavy (non-hydrogen) atoms. The molecule has 0 aliphatic rings. The molecule has 4 nitrogen and oxygen atoms in total. The van der Waals surface area contributed by atoms with E-state index < -0.39 is 0 Å². The van der Waals surface area contributed by atoms with Crippen molar-refractivity contribution in [1.82, 2.24) is 5.32 Å². The molecule has 0 radical (unpaired) electrons. The quantitative estimate of drug-likeness (QED) is 0.738. The third-order valence-corrected chi connectivity index (χ3v) is 2.89. The average Bonchev–Trinajstić information content (AvgIpc) is 2.81. The largest absolute Gasteiger partial charge is 0.493 e.